The van der Waals surface area contributed by atoms with Crippen molar-refractivity contribution in [2.24, 2.45) is 51.8 Å². The Morgan fingerprint density at radius 1 is 0.895 bits per heavy atom. The predicted molar refractivity (Wildman–Crippen MR) is 153 cm³/mol. The molecular formula is C34H58O4. The summed E-state index contributed by atoms with van der Waals surface area (Å²) in [6.45, 7) is 19.6. The highest BCUT2D eigenvalue weighted by Gasteiger charge is 2.60. The number of fused-ring (bicyclic) bond motifs is 5. The first-order valence-corrected chi connectivity index (χ1v) is 16.0. The van der Waals surface area contributed by atoms with Crippen LogP contribution in [0.1, 0.15) is 139 Å². The van der Waals surface area contributed by atoms with E-state index in [1.54, 1.807) is 0 Å². The van der Waals surface area contributed by atoms with Crippen molar-refractivity contribution in [2.75, 3.05) is 0 Å². The largest absolute Gasteiger partial charge is 0.462 e. The zero-order valence-electron chi connectivity index (χ0n) is 26.2. The molecule has 0 bridgehead atoms. The van der Waals surface area contributed by atoms with Crippen LogP contribution in [-0.2, 0) is 19.1 Å². The van der Waals surface area contributed by atoms with Crippen LogP contribution in [0.3, 0.4) is 0 Å². The first kappa shape index (κ1) is 29.9. The van der Waals surface area contributed by atoms with Crippen molar-refractivity contribution < 1.29 is 19.1 Å². The van der Waals surface area contributed by atoms with E-state index in [9.17, 15) is 9.59 Å². The summed E-state index contributed by atoms with van der Waals surface area (Å²) >= 11 is 0. The Morgan fingerprint density at radius 3 is 2.21 bits per heavy atom. The standard InChI is InChI=1S/C34H58O4/c1-10-32(6,7)30(36)37-24-17-19-33(8)23(21-24)12-13-25-27-15-14-26(34(27,9)20-18-28(25)33)22(2)11-16-29(35)38-31(3,4)5/h22-28H,10-21H2,1-9H3. The second-order valence-electron chi connectivity index (χ2n) is 16.0. The maximum atomic E-state index is 12.8. The van der Waals surface area contributed by atoms with Gasteiger partial charge in [-0.05, 0) is 152 Å². The van der Waals surface area contributed by atoms with Crippen LogP contribution >= 0.6 is 0 Å². The summed E-state index contributed by atoms with van der Waals surface area (Å²) in [6.07, 6.45) is 13.8. The first-order valence-electron chi connectivity index (χ1n) is 16.0. The Morgan fingerprint density at radius 2 is 1.55 bits per heavy atom. The lowest BCUT2D eigenvalue weighted by molar-refractivity contribution is -0.171. The minimum absolute atomic E-state index is 0.00601. The lowest BCUT2D eigenvalue weighted by Crippen LogP contribution is -2.54. The predicted octanol–water partition coefficient (Wildman–Crippen LogP) is 8.75. The average Bonchev–Trinajstić information content (AvgIpc) is 3.19. The zero-order chi connectivity index (χ0) is 28.1. The highest BCUT2D eigenvalue weighted by Crippen LogP contribution is 2.68. The van der Waals surface area contributed by atoms with E-state index >= 15 is 0 Å². The maximum Gasteiger partial charge on any atom is 0.311 e. The fourth-order valence-corrected chi connectivity index (χ4v) is 9.70. The third-order valence-corrected chi connectivity index (χ3v) is 12.3. The van der Waals surface area contributed by atoms with E-state index in [1.807, 2.05) is 34.6 Å². The molecule has 4 aliphatic carbocycles. The van der Waals surface area contributed by atoms with E-state index in [0.717, 1.165) is 49.4 Å². The normalized spacial score (nSPS) is 39.9. The van der Waals surface area contributed by atoms with Gasteiger partial charge in [0.15, 0.2) is 0 Å². The summed E-state index contributed by atoms with van der Waals surface area (Å²) in [7, 11) is 0. The highest BCUT2D eigenvalue weighted by molar-refractivity contribution is 5.76. The SMILES string of the molecule is CCC(C)(C)C(=O)OC1CCC2(C)C(CCC3C2CCC2(C)C(C(C)CCC(=O)OC(C)(C)C)CCC32)C1. The number of hydrogen-bond donors (Lipinski definition) is 0. The van der Waals surface area contributed by atoms with Crippen LogP contribution in [0.25, 0.3) is 0 Å². The van der Waals surface area contributed by atoms with Gasteiger partial charge in [-0.25, -0.2) is 0 Å². The minimum Gasteiger partial charge on any atom is -0.462 e. The van der Waals surface area contributed by atoms with Gasteiger partial charge in [0, 0.05) is 6.42 Å². The van der Waals surface area contributed by atoms with Crippen molar-refractivity contribution in [3.8, 4) is 0 Å². The molecule has 4 nitrogen and oxygen atoms in total. The van der Waals surface area contributed by atoms with E-state index in [-0.39, 0.29) is 23.5 Å². The molecule has 38 heavy (non-hydrogen) atoms. The van der Waals surface area contributed by atoms with Gasteiger partial charge in [0.05, 0.1) is 5.41 Å². The van der Waals surface area contributed by atoms with Gasteiger partial charge < -0.3 is 9.47 Å². The first-order chi connectivity index (χ1) is 17.6. The summed E-state index contributed by atoms with van der Waals surface area (Å²) in [5.41, 5.74) is 0.0320. The van der Waals surface area contributed by atoms with E-state index in [0.29, 0.717) is 29.1 Å². The van der Waals surface area contributed by atoms with Crippen molar-refractivity contribution >= 4 is 11.9 Å². The van der Waals surface area contributed by atoms with Gasteiger partial charge in [0.25, 0.3) is 0 Å². The van der Waals surface area contributed by atoms with Crippen LogP contribution in [0.15, 0.2) is 0 Å². The van der Waals surface area contributed by atoms with Crippen LogP contribution in [0.5, 0.6) is 0 Å². The molecule has 4 heteroatoms. The summed E-state index contributed by atoms with van der Waals surface area (Å²) in [5, 5.41) is 0. The smallest absolute Gasteiger partial charge is 0.311 e. The molecule has 9 atom stereocenters. The van der Waals surface area contributed by atoms with Crippen LogP contribution in [0.4, 0.5) is 0 Å². The summed E-state index contributed by atoms with van der Waals surface area (Å²) < 4.78 is 11.7. The molecule has 4 saturated carbocycles. The molecule has 4 aliphatic rings. The highest BCUT2D eigenvalue weighted by atomic mass is 16.6. The summed E-state index contributed by atoms with van der Waals surface area (Å²) in [6, 6.07) is 0. The lowest BCUT2D eigenvalue weighted by atomic mass is 9.44. The van der Waals surface area contributed by atoms with Gasteiger partial charge >= 0.3 is 11.9 Å². The van der Waals surface area contributed by atoms with Crippen molar-refractivity contribution in [3.63, 3.8) is 0 Å². The van der Waals surface area contributed by atoms with E-state index in [2.05, 4.69) is 27.7 Å². The minimum atomic E-state index is -0.398. The molecule has 0 aromatic rings. The Kier molecular flexibility index (Phi) is 8.45. The Hall–Kier alpha value is -1.06. The Bertz CT molecular complexity index is 870. The molecular weight excluding hydrogens is 472 g/mol. The maximum absolute atomic E-state index is 12.8. The topological polar surface area (TPSA) is 52.6 Å². The fraction of sp³-hybridized carbons (Fsp3) is 0.941. The molecule has 0 saturated heterocycles. The fourth-order valence-electron chi connectivity index (χ4n) is 9.70. The van der Waals surface area contributed by atoms with Crippen molar-refractivity contribution in [2.45, 2.75) is 151 Å². The van der Waals surface area contributed by atoms with E-state index in [4.69, 9.17) is 9.47 Å². The molecule has 0 aromatic carbocycles. The molecule has 218 valence electrons. The molecule has 4 fully saturated rings. The third kappa shape index (κ3) is 5.71. The number of carbonyl (C=O) groups is 2. The molecule has 0 N–H and O–H groups in total. The van der Waals surface area contributed by atoms with E-state index in [1.165, 1.54) is 44.9 Å². The Labute approximate surface area is 233 Å². The lowest BCUT2D eigenvalue weighted by Gasteiger charge is -2.61. The van der Waals surface area contributed by atoms with Crippen LogP contribution in [0, 0.1) is 51.8 Å². The summed E-state index contributed by atoms with van der Waals surface area (Å²) in [4.78, 5) is 25.2. The molecule has 0 radical (unpaired) electrons. The molecule has 0 amide bonds. The second-order valence-corrected chi connectivity index (χ2v) is 16.0. The van der Waals surface area contributed by atoms with Gasteiger partial charge in [-0.15, -0.1) is 0 Å². The van der Waals surface area contributed by atoms with Gasteiger partial charge in [-0.2, -0.15) is 0 Å². The monoisotopic (exact) mass is 530 g/mol. The van der Waals surface area contributed by atoms with Gasteiger partial charge in [-0.3, -0.25) is 9.59 Å². The van der Waals surface area contributed by atoms with Gasteiger partial charge in [-0.1, -0.05) is 27.7 Å². The van der Waals surface area contributed by atoms with Gasteiger partial charge in [0.2, 0.25) is 0 Å². The van der Waals surface area contributed by atoms with Crippen molar-refractivity contribution in [1.82, 2.24) is 0 Å². The number of carbonyl (C=O) groups excluding carboxylic acids is 2. The Balaban J connectivity index is 1.38. The second kappa shape index (κ2) is 10.7. The third-order valence-electron chi connectivity index (χ3n) is 12.3. The van der Waals surface area contributed by atoms with Crippen LogP contribution in [-0.4, -0.2) is 23.6 Å². The zero-order valence-corrected chi connectivity index (χ0v) is 26.2. The summed E-state index contributed by atoms with van der Waals surface area (Å²) in [5.74, 6) is 4.42. The molecule has 9 unspecified atom stereocenters. The molecule has 0 aromatic heterocycles. The number of ether oxygens (including phenoxy) is 2. The van der Waals surface area contributed by atoms with Gasteiger partial charge in [0.1, 0.15) is 11.7 Å². The number of esters is 2. The number of rotatable bonds is 7. The molecule has 0 heterocycles. The van der Waals surface area contributed by atoms with Crippen molar-refractivity contribution in [1.29, 1.82) is 0 Å². The quantitative estimate of drug-likeness (QED) is 0.309. The van der Waals surface area contributed by atoms with Crippen LogP contribution < -0.4 is 0 Å². The van der Waals surface area contributed by atoms with Crippen molar-refractivity contribution in [3.05, 3.63) is 0 Å². The molecule has 0 aliphatic heterocycles. The molecule has 4 rings (SSSR count). The van der Waals surface area contributed by atoms with Crippen LogP contribution in [0.2, 0.25) is 0 Å². The average molecular weight is 531 g/mol. The molecule has 0 spiro atoms. The number of hydrogen-bond acceptors (Lipinski definition) is 4. The van der Waals surface area contributed by atoms with E-state index < -0.39 is 5.60 Å².